The third-order valence-corrected chi connectivity index (χ3v) is 4.48. The summed E-state index contributed by atoms with van der Waals surface area (Å²) in [5.41, 5.74) is 2.48. The highest BCUT2D eigenvalue weighted by atomic mass is 79.9. The van der Waals surface area contributed by atoms with Crippen LogP contribution in [0.25, 0.3) is 0 Å². The van der Waals surface area contributed by atoms with E-state index in [-0.39, 0.29) is 6.10 Å². The molecule has 1 aromatic rings. The Morgan fingerprint density at radius 2 is 1.95 bits per heavy atom. The maximum atomic E-state index is 10.3. The van der Waals surface area contributed by atoms with E-state index < -0.39 is 0 Å². The molecule has 1 N–H and O–H groups in total. The number of aliphatic hydroxyl groups is 1. The Kier molecular flexibility index (Phi) is 6.26. The van der Waals surface area contributed by atoms with Crippen molar-refractivity contribution < 1.29 is 5.11 Å². The molecule has 0 aliphatic heterocycles. The maximum absolute atomic E-state index is 10.3. The third kappa shape index (κ3) is 5.21. The van der Waals surface area contributed by atoms with Crippen molar-refractivity contribution in [2.75, 3.05) is 0 Å². The van der Waals surface area contributed by atoms with E-state index in [2.05, 4.69) is 55.6 Å². The summed E-state index contributed by atoms with van der Waals surface area (Å²) in [6.45, 7) is 11.1. The molecule has 0 aliphatic rings. The highest BCUT2D eigenvalue weighted by Crippen LogP contribution is 2.28. The van der Waals surface area contributed by atoms with E-state index in [1.807, 2.05) is 11.7 Å². The van der Waals surface area contributed by atoms with Crippen molar-refractivity contribution >= 4 is 15.9 Å². The lowest BCUT2D eigenvalue weighted by molar-refractivity contribution is 0.131. The van der Waals surface area contributed by atoms with Crippen LogP contribution in [-0.4, -0.2) is 21.0 Å². The molecule has 0 amide bonds. The summed E-state index contributed by atoms with van der Waals surface area (Å²) in [7, 11) is 1.95. The van der Waals surface area contributed by atoms with Crippen LogP contribution in [0.3, 0.4) is 0 Å². The van der Waals surface area contributed by atoms with Crippen molar-refractivity contribution in [3.05, 3.63) is 15.9 Å². The molecule has 2 atom stereocenters. The van der Waals surface area contributed by atoms with Crippen LogP contribution in [0, 0.1) is 11.3 Å². The molecule has 0 aromatic carbocycles. The molecule has 116 valence electrons. The highest BCUT2D eigenvalue weighted by molar-refractivity contribution is 9.10. The van der Waals surface area contributed by atoms with Gasteiger partial charge in [0.05, 0.1) is 22.0 Å². The topological polar surface area (TPSA) is 38.0 Å². The van der Waals surface area contributed by atoms with E-state index in [0.29, 0.717) is 17.8 Å². The number of nitrogens with zero attached hydrogens (tertiary/aromatic N) is 2. The highest BCUT2D eigenvalue weighted by Gasteiger charge is 2.21. The molecule has 0 radical (unpaired) electrons. The zero-order chi connectivity index (χ0) is 15.5. The molecule has 1 rings (SSSR count). The summed E-state index contributed by atoms with van der Waals surface area (Å²) in [5.74, 6) is 0.530. The van der Waals surface area contributed by atoms with Crippen molar-refractivity contribution in [3.63, 3.8) is 0 Å². The fourth-order valence-corrected chi connectivity index (χ4v) is 3.72. The molecule has 2 unspecified atom stereocenters. The van der Waals surface area contributed by atoms with Gasteiger partial charge in [0, 0.05) is 13.5 Å². The van der Waals surface area contributed by atoms with E-state index in [9.17, 15) is 5.11 Å². The lowest BCUT2D eigenvalue weighted by Gasteiger charge is -2.25. The Morgan fingerprint density at radius 3 is 2.40 bits per heavy atom. The van der Waals surface area contributed by atoms with Crippen LogP contribution in [0.5, 0.6) is 0 Å². The fourth-order valence-electron chi connectivity index (χ4n) is 2.94. The summed E-state index contributed by atoms with van der Waals surface area (Å²) in [6, 6.07) is 0. The summed E-state index contributed by atoms with van der Waals surface area (Å²) in [4.78, 5) is 0. The first-order valence-corrected chi connectivity index (χ1v) is 8.31. The number of aliphatic hydroxyl groups excluding tert-OH is 1. The molecule has 0 bridgehead atoms. The molecule has 0 fully saturated rings. The Hall–Kier alpha value is -0.350. The number of hydrogen-bond donors (Lipinski definition) is 1. The van der Waals surface area contributed by atoms with Gasteiger partial charge in [-0.2, -0.15) is 5.10 Å². The number of aromatic nitrogens is 2. The molecular weight excluding hydrogens is 316 g/mol. The van der Waals surface area contributed by atoms with Crippen molar-refractivity contribution in [1.82, 2.24) is 9.78 Å². The summed E-state index contributed by atoms with van der Waals surface area (Å²) < 4.78 is 2.95. The molecule has 0 aliphatic carbocycles. The smallest absolute Gasteiger partial charge is 0.0766 e. The molecule has 4 heteroatoms. The molecule has 3 nitrogen and oxygen atoms in total. The zero-order valence-electron chi connectivity index (χ0n) is 13.7. The number of halogens is 1. The predicted molar refractivity (Wildman–Crippen MR) is 87.8 cm³/mol. The first kappa shape index (κ1) is 17.7. The summed E-state index contributed by atoms with van der Waals surface area (Å²) in [6.07, 6.45) is 3.25. The first-order chi connectivity index (χ1) is 9.14. The number of aryl methyl sites for hydroxylation is 2. The van der Waals surface area contributed by atoms with Crippen molar-refractivity contribution in [2.45, 2.75) is 66.4 Å². The van der Waals surface area contributed by atoms with Crippen LogP contribution in [0.15, 0.2) is 4.47 Å². The van der Waals surface area contributed by atoms with Crippen LogP contribution in [-0.2, 0) is 19.9 Å². The van der Waals surface area contributed by atoms with Crippen LogP contribution < -0.4 is 0 Å². The lowest BCUT2D eigenvalue weighted by Crippen LogP contribution is -2.20. The monoisotopic (exact) mass is 344 g/mol. The largest absolute Gasteiger partial charge is 0.393 e. The van der Waals surface area contributed by atoms with Gasteiger partial charge in [0.1, 0.15) is 0 Å². The Labute approximate surface area is 131 Å². The van der Waals surface area contributed by atoms with Gasteiger partial charge in [-0.1, -0.05) is 34.6 Å². The van der Waals surface area contributed by atoms with E-state index >= 15 is 0 Å². The third-order valence-electron chi connectivity index (χ3n) is 3.57. The second kappa shape index (κ2) is 7.08. The van der Waals surface area contributed by atoms with Gasteiger partial charge in [-0.25, -0.2) is 0 Å². The Morgan fingerprint density at radius 1 is 1.35 bits per heavy atom. The van der Waals surface area contributed by atoms with Gasteiger partial charge in [0.2, 0.25) is 0 Å². The Balaban J connectivity index is 2.63. The minimum atomic E-state index is -0.302. The van der Waals surface area contributed by atoms with E-state index in [0.717, 1.165) is 35.1 Å². The standard InChI is InChI=1S/C16H29BrN2O/c1-7-13-15(17)14(19(6)18-13)9-12(20)8-11(2)10-16(3,4)5/h11-12,20H,7-10H2,1-6H3. The lowest BCUT2D eigenvalue weighted by atomic mass is 9.83. The second-order valence-electron chi connectivity index (χ2n) is 7.15. The van der Waals surface area contributed by atoms with Crippen LogP contribution in [0.2, 0.25) is 0 Å². The quantitative estimate of drug-likeness (QED) is 0.843. The SMILES string of the molecule is CCc1nn(C)c(CC(O)CC(C)CC(C)(C)C)c1Br. The van der Waals surface area contributed by atoms with Gasteiger partial charge in [-0.3, -0.25) is 4.68 Å². The minimum Gasteiger partial charge on any atom is -0.393 e. The molecule has 0 saturated heterocycles. The Bertz CT molecular complexity index is 434. The van der Waals surface area contributed by atoms with E-state index in [1.54, 1.807) is 0 Å². The molecule has 1 heterocycles. The average Bonchev–Trinajstić information content (AvgIpc) is 2.53. The molecular formula is C16H29BrN2O. The summed E-state index contributed by atoms with van der Waals surface area (Å²) >= 11 is 3.61. The minimum absolute atomic E-state index is 0.302. The average molecular weight is 345 g/mol. The van der Waals surface area contributed by atoms with Gasteiger partial charge in [-0.15, -0.1) is 0 Å². The maximum Gasteiger partial charge on any atom is 0.0766 e. The van der Waals surface area contributed by atoms with E-state index in [1.165, 1.54) is 0 Å². The van der Waals surface area contributed by atoms with Crippen molar-refractivity contribution in [2.24, 2.45) is 18.4 Å². The van der Waals surface area contributed by atoms with Crippen LogP contribution in [0.4, 0.5) is 0 Å². The van der Waals surface area contributed by atoms with E-state index in [4.69, 9.17) is 0 Å². The second-order valence-corrected chi connectivity index (χ2v) is 7.94. The van der Waals surface area contributed by atoms with Gasteiger partial charge >= 0.3 is 0 Å². The van der Waals surface area contributed by atoms with Crippen molar-refractivity contribution in [3.8, 4) is 0 Å². The first-order valence-electron chi connectivity index (χ1n) is 7.52. The number of rotatable bonds is 6. The number of hydrogen-bond acceptors (Lipinski definition) is 2. The van der Waals surface area contributed by atoms with Gasteiger partial charge in [-0.05, 0) is 46.5 Å². The summed E-state index contributed by atoms with van der Waals surface area (Å²) in [5, 5.41) is 14.8. The van der Waals surface area contributed by atoms with Crippen molar-refractivity contribution in [1.29, 1.82) is 0 Å². The molecule has 0 saturated carbocycles. The predicted octanol–water partition coefficient (Wildman–Crippen LogP) is 4.11. The molecule has 1 aromatic heterocycles. The van der Waals surface area contributed by atoms with Crippen LogP contribution >= 0.6 is 15.9 Å². The van der Waals surface area contributed by atoms with Gasteiger partial charge in [0.25, 0.3) is 0 Å². The van der Waals surface area contributed by atoms with Gasteiger partial charge < -0.3 is 5.11 Å². The normalized spacial score (nSPS) is 15.4. The molecule has 20 heavy (non-hydrogen) atoms. The van der Waals surface area contributed by atoms with Gasteiger partial charge in [0.15, 0.2) is 0 Å². The zero-order valence-corrected chi connectivity index (χ0v) is 15.3. The molecule has 0 spiro atoms. The van der Waals surface area contributed by atoms with Crippen LogP contribution in [0.1, 0.15) is 58.8 Å². The fraction of sp³-hybridized carbons (Fsp3) is 0.812.